The minimum absolute atomic E-state index is 0.209. The largest absolute Gasteiger partial charge is 0.389 e. The molecule has 18 heavy (non-hydrogen) atoms. The zero-order chi connectivity index (χ0) is 12.8. The fourth-order valence-electron chi connectivity index (χ4n) is 4.40. The smallest absolute Gasteiger partial charge is 0.0781 e. The minimum Gasteiger partial charge on any atom is -0.389 e. The number of rotatable bonds is 2. The van der Waals surface area contributed by atoms with E-state index in [1.54, 1.807) is 0 Å². The molecule has 0 aliphatic heterocycles. The Balaban J connectivity index is 2.13. The summed E-state index contributed by atoms with van der Waals surface area (Å²) in [5.41, 5.74) is 8.03. The summed E-state index contributed by atoms with van der Waals surface area (Å²) in [7, 11) is 0. The molecule has 0 aromatic heterocycles. The van der Waals surface area contributed by atoms with Crippen molar-refractivity contribution in [3.05, 3.63) is 35.4 Å². The van der Waals surface area contributed by atoms with Crippen LogP contribution in [-0.2, 0) is 11.8 Å². The molecule has 2 nitrogen and oxygen atoms in total. The van der Waals surface area contributed by atoms with Gasteiger partial charge in [0, 0.05) is 12.0 Å². The molecule has 2 heteroatoms. The summed E-state index contributed by atoms with van der Waals surface area (Å²) in [5.74, 6) is 0.354. The van der Waals surface area contributed by atoms with E-state index in [1.165, 1.54) is 11.1 Å². The molecule has 2 aliphatic carbocycles. The van der Waals surface area contributed by atoms with Crippen molar-refractivity contribution < 1.29 is 5.11 Å². The lowest BCUT2D eigenvalue weighted by molar-refractivity contribution is -0.0634. The molecule has 1 fully saturated rings. The molecule has 0 amide bonds. The molecule has 0 saturated heterocycles. The van der Waals surface area contributed by atoms with Crippen LogP contribution < -0.4 is 5.73 Å². The predicted octanol–water partition coefficient (Wildman–Crippen LogP) is 2.38. The Morgan fingerprint density at radius 2 is 2.11 bits per heavy atom. The van der Waals surface area contributed by atoms with Gasteiger partial charge >= 0.3 is 0 Å². The Bertz CT molecular complexity index is 458. The highest BCUT2D eigenvalue weighted by Crippen LogP contribution is 2.54. The van der Waals surface area contributed by atoms with E-state index in [0.29, 0.717) is 12.5 Å². The maximum Gasteiger partial charge on any atom is 0.0781 e. The summed E-state index contributed by atoms with van der Waals surface area (Å²) >= 11 is 0. The van der Waals surface area contributed by atoms with Crippen molar-refractivity contribution in [2.75, 3.05) is 6.54 Å². The van der Waals surface area contributed by atoms with Gasteiger partial charge in [-0.25, -0.2) is 0 Å². The number of benzene rings is 1. The number of aliphatic hydroxyl groups is 1. The zero-order valence-electron chi connectivity index (χ0n) is 11.2. The first-order valence-corrected chi connectivity index (χ1v) is 7.15. The molecule has 3 N–H and O–H groups in total. The van der Waals surface area contributed by atoms with Gasteiger partial charge in [0.25, 0.3) is 0 Å². The van der Waals surface area contributed by atoms with Crippen LogP contribution in [0.2, 0.25) is 0 Å². The quantitative estimate of drug-likeness (QED) is 0.840. The van der Waals surface area contributed by atoms with Crippen LogP contribution in [0.15, 0.2) is 24.3 Å². The topological polar surface area (TPSA) is 46.2 Å². The molecule has 98 valence electrons. The van der Waals surface area contributed by atoms with Crippen molar-refractivity contribution in [3.8, 4) is 0 Å². The molecule has 0 spiro atoms. The van der Waals surface area contributed by atoms with Crippen LogP contribution in [0.3, 0.4) is 0 Å². The minimum atomic E-state index is -0.603. The second kappa shape index (κ2) is 4.07. The van der Waals surface area contributed by atoms with E-state index in [2.05, 4.69) is 31.2 Å². The summed E-state index contributed by atoms with van der Waals surface area (Å²) in [6.07, 6.45) is 5.22. The van der Waals surface area contributed by atoms with E-state index in [-0.39, 0.29) is 5.41 Å². The van der Waals surface area contributed by atoms with Gasteiger partial charge in [0.15, 0.2) is 0 Å². The Kier molecular flexibility index (Phi) is 2.76. The van der Waals surface area contributed by atoms with Gasteiger partial charge in [-0.05, 0) is 42.7 Å². The van der Waals surface area contributed by atoms with Crippen molar-refractivity contribution in [1.82, 2.24) is 0 Å². The van der Waals surface area contributed by atoms with E-state index in [9.17, 15) is 5.11 Å². The third-order valence-corrected chi connectivity index (χ3v) is 5.54. The Hall–Kier alpha value is -0.860. The van der Waals surface area contributed by atoms with Gasteiger partial charge < -0.3 is 10.8 Å². The van der Waals surface area contributed by atoms with E-state index in [0.717, 1.165) is 32.1 Å². The molecule has 0 heterocycles. The predicted molar refractivity (Wildman–Crippen MR) is 73.5 cm³/mol. The molecular formula is C16H23NO. The van der Waals surface area contributed by atoms with Crippen LogP contribution in [-0.4, -0.2) is 17.3 Å². The van der Waals surface area contributed by atoms with Gasteiger partial charge in [-0.2, -0.15) is 0 Å². The average molecular weight is 245 g/mol. The van der Waals surface area contributed by atoms with Crippen molar-refractivity contribution in [2.24, 2.45) is 11.7 Å². The van der Waals surface area contributed by atoms with Crippen molar-refractivity contribution in [2.45, 2.75) is 50.0 Å². The molecule has 1 aromatic carbocycles. The van der Waals surface area contributed by atoms with Crippen LogP contribution in [0.5, 0.6) is 0 Å². The molecule has 3 atom stereocenters. The average Bonchev–Trinajstić information content (AvgIpc) is 2.93. The Labute approximate surface area is 109 Å². The summed E-state index contributed by atoms with van der Waals surface area (Å²) in [6, 6.07) is 8.54. The third-order valence-electron chi connectivity index (χ3n) is 5.54. The van der Waals surface area contributed by atoms with E-state index in [4.69, 9.17) is 5.73 Å². The molecule has 0 bridgehead atoms. The molecule has 1 aromatic rings. The first-order valence-electron chi connectivity index (χ1n) is 7.15. The van der Waals surface area contributed by atoms with E-state index < -0.39 is 5.60 Å². The fraction of sp³-hybridized carbons (Fsp3) is 0.625. The monoisotopic (exact) mass is 245 g/mol. The summed E-state index contributed by atoms with van der Waals surface area (Å²) in [4.78, 5) is 0. The molecular weight excluding hydrogens is 222 g/mol. The lowest BCUT2D eigenvalue weighted by Crippen LogP contribution is -2.56. The van der Waals surface area contributed by atoms with Gasteiger partial charge in [-0.15, -0.1) is 0 Å². The van der Waals surface area contributed by atoms with Gasteiger partial charge in [-0.3, -0.25) is 0 Å². The fourth-order valence-corrected chi connectivity index (χ4v) is 4.40. The standard InChI is InChI=1S/C16H23NO/c1-12-5-4-9-16(12,18)15(11-17)10-8-13-6-2-3-7-14(13)15/h2-3,6-7,12,18H,4-5,8-11,17H2,1H3. The summed E-state index contributed by atoms with van der Waals surface area (Å²) in [5, 5.41) is 11.3. The van der Waals surface area contributed by atoms with Gasteiger partial charge in [0.2, 0.25) is 0 Å². The number of nitrogens with two attached hydrogens (primary N) is 1. The van der Waals surface area contributed by atoms with Crippen molar-refractivity contribution in [1.29, 1.82) is 0 Å². The lowest BCUT2D eigenvalue weighted by Gasteiger charge is -2.46. The van der Waals surface area contributed by atoms with Crippen LogP contribution >= 0.6 is 0 Å². The third kappa shape index (κ3) is 1.36. The van der Waals surface area contributed by atoms with Crippen LogP contribution in [0.25, 0.3) is 0 Å². The SMILES string of the molecule is CC1CCCC1(O)C1(CN)CCc2ccccc21. The van der Waals surface area contributed by atoms with Crippen LogP contribution in [0, 0.1) is 5.92 Å². The molecule has 2 aliphatic rings. The van der Waals surface area contributed by atoms with Gasteiger partial charge in [0.1, 0.15) is 0 Å². The van der Waals surface area contributed by atoms with Crippen molar-refractivity contribution in [3.63, 3.8) is 0 Å². The first kappa shape index (κ1) is 12.2. The normalized spacial score (nSPS) is 38.9. The molecule has 0 radical (unpaired) electrons. The maximum absolute atomic E-state index is 11.3. The lowest BCUT2D eigenvalue weighted by atomic mass is 9.64. The zero-order valence-corrected chi connectivity index (χ0v) is 11.2. The first-order chi connectivity index (χ1) is 8.64. The van der Waals surface area contributed by atoms with Crippen molar-refractivity contribution >= 4 is 0 Å². The van der Waals surface area contributed by atoms with Crippen LogP contribution in [0.4, 0.5) is 0 Å². The number of hydrogen-bond donors (Lipinski definition) is 2. The highest BCUT2D eigenvalue weighted by Gasteiger charge is 2.57. The summed E-state index contributed by atoms with van der Waals surface area (Å²) in [6.45, 7) is 2.75. The number of aryl methyl sites for hydroxylation is 1. The highest BCUT2D eigenvalue weighted by atomic mass is 16.3. The summed E-state index contributed by atoms with van der Waals surface area (Å²) < 4.78 is 0. The Morgan fingerprint density at radius 1 is 1.33 bits per heavy atom. The second-order valence-electron chi connectivity index (χ2n) is 6.16. The van der Waals surface area contributed by atoms with Gasteiger partial charge in [-0.1, -0.05) is 37.6 Å². The highest BCUT2D eigenvalue weighted by molar-refractivity contribution is 5.43. The molecule has 3 rings (SSSR count). The maximum atomic E-state index is 11.3. The number of hydrogen-bond acceptors (Lipinski definition) is 2. The number of fused-ring (bicyclic) bond motifs is 1. The molecule has 1 saturated carbocycles. The molecule has 3 unspecified atom stereocenters. The van der Waals surface area contributed by atoms with Crippen LogP contribution in [0.1, 0.15) is 43.7 Å². The second-order valence-corrected chi connectivity index (χ2v) is 6.16. The van der Waals surface area contributed by atoms with E-state index in [1.807, 2.05) is 0 Å². The van der Waals surface area contributed by atoms with E-state index >= 15 is 0 Å². The van der Waals surface area contributed by atoms with Gasteiger partial charge in [0.05, 0.1) is 5.60 Å². The Morgan fingerprint density at radius 3 is 2.78 bits per heavy atom.